The summed E-state index contributed by atoms with van der Waals surface area (Å²) in [6.07, 6.45) is 0.339. The third-order valence-electron chi connectivity index (χ3n) is 5.31. The standard InChI is InChI=1S/C24H23FN2O3/c1-2-30-21-12-7-17-5-3-4-6-20(17)23(21)24(29)26-14-16-13-22(28)27(15-16)19-10-8-18(25)9-11-19/h3-12,16H,2,13-15H2,1H3,(H,26,29). The molecule has 0 bridgehead atoms. The van der Waals surface area contributed by atoms with E-state index >= 15 is 0 Å². The molecule has 1 unspecified atom stereocenters. The lowest BCUT2D eigenvalue weighted by Gasteiger charge is -2.17. The Morgan fingerprint density at radius 3 is 2.67 bits per heavy atom. The normalized spacial score (nSPS) is 16.1. The molecular weight excluding hydrogens is 383 g/mol. The number of hydrogen-bond donors (Lipinski definition) is 1. The van der Waals surface area contributed by atoms with Crippen molar-refractivity contribution in [1.29, 1.82) is 0 Å². The van der Waals surface area contributed by atoms with Crippen LogP contribution in [0, 0.1) is 11.7 Å². The fourth-order valence-corrected chi connectivity index (χ4v) is 3.88. The Labute approximate surface area is 174 Å². The zero-order chi connectivity index (χ0) is 21.1. The Morgan fingerprint density at radius 1 is 1.13 bits per heavy atom. The van der Waals surface area contributed by atoms with Crippen molar-refractivity contribution in [2.75, 3.05) is 24.6 Å². The van der Waals surface area contributed by atoms with Gasteiger partial charge in [-0.1, -0.05) is 30.3 Å². The molecule has 1 aliphatic heterocycles. The van der Waals surface area contributed by atoms with Crippen molar-refractivity contribution in [2.45, 2.75) is 13.3 Å². The molecule has 1 saturated heterocycles. The molecule has 0 aliphatic carbocycles. The minimum Gasteiger partial charge on any atom is -0.493 e. The van der Waals surface area contributed by atoms with Crippen LogP contribution in [0.5, 0.6) is 5.75 Å². The molecule has 0 spiro atoms. The molecule has 6 heteroatoms. The number of fused-ring (bicyclic) bond motifs is 1. The van der Waals surface area contributed by atoms with E-state index in [0.717, 1.165) is 10.8 Å². The van der Waals surface area contributed by atoms with Crippen molar-refractivity contribution in [3.8, 4) is 5.75 Å². The van der Waals surface area contributed by atoms with Gasteiger partial charge in [0.1, 0.15) is 11.6 Å². The minimum absolute atomic E-state index is 0.0166. The molecule has 2 amide bonds. The predicted octanol–water partition coefficient (Wildman–Crippen LogP) is 4.16. The summed E-state index contributed by atoms with van der Waals surface area (Å²) in [4.78, 5) is 27.1. The van der Waals surface area contributed by atoms with Gasteiger partial charge in [-0.05, 0) is 48.0 Å². The molecule has 1 aliphatic rings. The largest absolute Gasteiger partial charge is 0.493 e. The summed E-state index contributed by atoms with van der Waals surface area (Å²) in [6.45, 7) is 3.20. The Morgan fingerprint density at radius 2 is 1.90 bits per heavy atom. The van der Waals surface area contributed by atoms with E-state index in [4.69, 9.17) is 4.74 Å². The van der Waals surface area contributed by atoms with Gasteiger partial charge in [0.2, 0.25) is 5.91 Å². The van der Waals surface area contributed by atoms with Crippen molar-refractivity contribution in [1.82, 2.24) is 5.32 Å². The van der Waals surface area contributed by atoms with Crippen LogP contribution in [-0.2, 0) is 4.79 Å². The van der Waals surface area contributed by atoms with Crippen molar-refractivity contribution in [3.63, 3.8) is 0 Å². The minimum atomic E-state index is -0.339. The first kappa shape index (κ1) is 19.9. The lowest BCUT2D eigenvalue weighted by atomic mass is 10.0. The van der Waals surface area contributed by atoms with Crippen LogP contribution in [0.1, 0.15) is 23.7 Å². The van der Waals surface area contributed by atoms with Gasteiger partial charge in [0.05, 0.1) is 12.2 Å². The molecule has 1 N–H and O–H groups in total. The van der Waals surface area contributed by atoms with Gasteiger partial charge in [0.25, 0.3) is 5.91 Å². The van der Waals surface area contributed by atoms with Crippen LogP contribution in [-0.4, -0.2) is 31.5 Å². The van der Waals surface area contributed by atoms with Crippen LogP contribution in [0.2, 0.25) is 0 Å². The first-order chi connectivity index (χ1) is 14.6. The number of carbonyl (C=O) groups excluding carboxylic acids is 2. The highest BCUT2D eigenvalue weighted by atomic mass is 19.1. The maximum atomic E-state index is 13.2. The summed E-state index contributed by atoms with van der Waals surface area (Å²) in [5, 5.41) is 4.77. The zero-order valence-corrected chi connectivity index (χ0v) is 16.7. The van der Waals surface area contributed by atoms with Crippen molar-refractivity contribution < 1.29 is 18.7 Å². The van der Waals surface area contributed by atoms with Gasteiger partial charge in [-0.3, -0.25) is 9.59 Å². The number of carbonyl (C=O) groups is 2. The SMILES string of the molecule is CCOc1ccc2ccccc2c1C(=O)NCC1CC(=O)N(c2ccc(F)cc2)C1. The first-order valence-corrected chi connectivity index (χ1v) is 10.1. The third-order valence-corrected chi connectivity index (χ3v) is 5.31. The summed E-state index contributed by atoms with van der Waals surface area (Å²) >= 11 is 0. The molecule has 0 saturated carbocycles. The molecule has 30 heavy (non-hydrogen) atoms. The Hall–Kier alpha value is -3.41. The molecule has 154 valence electrons. The maximum Gasteiger partial charge on any atom is 0.255 e. The number of hydrogen-bond acceptors (Lipinski definition) is 3. The first-order valence-electron chi connectivity index (χ1n) is 10.1. The van der Waals surface area contributed by atoms with E-state index < -0.39 is 0 Å². The monoisotopic (exact) mass is 406 g/mol. The highest BCUT2D eigenvalue weighted by Gasteiger charge is 2.31. The second-order valence-electron chi connectivity index (χ2n) is 7.35. The maximum absolute atomic E-state index is 13.2. The molecular formula is C24H23FN2O3. The molecule has 1 heterocycles. The van der Waals surface area contributed by atoms with Crippen molar-refractivity contribution in [3.05, 3.63) is 72.0 Å². The van der Waals surface area contributed by atoms with E-state index in [1.807, 2.05) is 43.3 Å². The van der Waals surface area contributed by atoms with Crippen molar-refractivity contribution >= 4 is 28.3 Å². The van der Waals surface area contributed by atoms with Crippen LogP contribution in [0.4, 0.5) is 10.1 Å². The van der Waals surface area contributed by atoms with Gasteiger partial charge in [0.15, 0.2) is 0 Å². The van der Waals surface area contributed by atoms with Crippen LogP contribution >= 0.6 is 0 Å². The number of nitrogens with zero attached hydrogens (tertiary/aromatic N) is 1. The van der Waals surface area contributed by atoms with Gasteiger partial charge in [0, 0.05) is 31.1 Å². The van der Waals surface area contributed by atoms with Crippen LogP contribution in [0.15, 0.2) is 60.7 Å². The number of anilines is 1. The van der Waals surface area contributed by atoms with Crippen LogP contribution in [0.25, 0.3) is 10.8 Å². The number of benzene rings is 3. The Kier molecular flexibility index (Phi) is 5.65. The van der Waals surface area contributed by atoms with E-state index in [9.17, 15) is 14.0 Å². The highest BCUT2D eigenvalue weighted by molar-refractivity contribution is 6.09. The number of amides is 2. The van der Waals surface area contributed by atoms with Crippen LogP contribution in [0.3, 0.4) is 0 Å². The smallest absolute Gasteiger partial charge is 0.255 e. The second kappa shape index (κ2) is 8.53. The Balaban J connectivity index is 1.48. The average molecular weight is 406 g/mol. The summed E-state index contributed by atoms with van der Waals surface area (Å²) in [5.74, 6) is -0.0560. The summed E-state index contributed by atoms with van der Waals surface area (Å²) in [5.41, 5.74) is 1.18. The predicted molar refractivity (Wildman–Crippen MR) is 114 cm³/mol. The zero-order valence-electron chi connectivity index (χ0n) is 16.7. The topological polar surface area (TPSA) is 58.6 Å². The fourth-order valence-electron chi connectivity index (χ4n) is 3.88. The molecule has 1 fully saturated rings. The van der Waals surface area contributed by atoms with Crippen LogP contribution < -0.4 is 15.0 Å². The number of nitrogens with one attached hydrogen (secondary N) is 1. The molecule has 1 atom stereocenters. The average Bonchev–Trinajstić information content (AvgIpc) is 3.13. The second-order valence-corrected chi connectivity index (χ2v) is 7.35. The summed E-state index contributed by atoms with van der Waals surface area (Å²) in [6, 6.07) is 17.3. The molecule has 3 aromatic carbocycles. The number of ether oxygens (including phenoxy) is 1. The molecule has 5 nitrogen and oxygen atoms in total. The van der Waals surface area contributed by atoms with Crippen molar-refractivity contribution in [2.24, 2.45) is 5.92 Å². The van der Waals surface area contributed by atoms with Gasteiger partial charge in [-0.15, -0.1) is 0 Å². The third kappa shape index (κ3) is 3.99. The highest BCUT2D eigenvalue weighted by Crippen LogP contribution is 2.29. The number of rotatable bonds is 6. The van der Waals surface area contributed by atoms with E-state index in [-0.39, 0.29) is 23.5 Å². The number of halogens is 1. The van der Waals surface area contributed by atoms with E-state index in [0.29, 0.717) is 43.1 Å². The van der Waals surface area contributed by atoms with E-state index in [1.165, 1.54) is 12.1 Å². The van der Waals surface area contributed by atoms with E-state index in [2.05, 4.69) is 5.32 Å². The van der Waals surface area contributed by atoms with Gasteiger partial charge in [-0.2, -0.15) is 0 Å². The lowest BCUT2D eigenvalue weighted by Crippen LogP contribution is -2.31. The molecule has 0 radical (unpaired) electrons. The summed E-state index contributed by atoms with van der Waals surface area (Å²) < 4.78 is 18.8. The molecule has 0 aromatic heterocycles. The Bertz CT molecular complexity index is 1080. The molecule has 4 rings (SSSR count). The summed E-state index contributed by atoms with van der Waals surface area (Å²) in [7, 11) is 0. The molecule has 3 aromatic rings. The van der Waals surface area contributed by atoms with Gasteiger partial charge < -0.3 is 15.0 Å². The quantitative estimate of drug-likeness (QED) is 0.669. The lowest BCUT2D eigenvalue weighted by molar-refractivity contribution is -0.117. The van der Waals surface area contributed by atoms with Gasteiger partial charge >= 0.3 is 0 Å². The van der Waals surface area contributed by atoms with Gasteiger partial charge in [-0.25, -0.2) is 4.39 Å². The fraction of sp³-hybridized carbons (Fsp3) is 0.250. The van der Waals surface area contributed by atoms with E-state index in [1.54, 1.807) is 17.0 Å².